The van der Waals surface area contributed by atoms with Crippen LogP contribution < -0.4 is 10.5 Å². The first-order valence-electron chi connectivity index (χ1n) is 5.78. The predicted molar refractivity (Wildman–Crippen MR) is 67.6 cm³/mol. The van der Waals surface area contributed by atoms with Crippen molar-refractivity contribution in [2.75, 3.05) is 25.4 Å². The zero-order chi connectivity index (χ0) is 14.0. The lowest BCUT2D eigenvalue weighted by atomic mass is 10.1. The fourth-order valence-electron chi connectivity index (χ4n) is 1.49. The molecular weight excluding hydrogens is 258 g/mol. The van der Waals surface area contributed by atoms with Crippen molar-refractivity contribution in [2.45, 2.75) is 32.4 Å². The largest absolute Gasteiger partial charge is 0.444 e. The number of carbonyl (C=O) groups excluding carboxylic acids is 1. The van der Waals surface area contributed by atoms with E-state index in [9.17, 15) is 13.2 Å². The number of nitrogens with two attached hydrogens (primary N) is 1. The lowest BCUT2D eigenvalue weighted by Gasteiger charge is -2.40. The zero-order valence-electron chi connectivity index (χ0n) is 11.0. The van der Waals surface area contributed by atoms with Crippen LogP contribution in [0.4, 0.5) is 4.79 Å². The van der Waals surface area contributed by atoms with Crippen LogP contribution in [-0.2, 0) is 14.8 Å². The van der Waals surface area contributed by atoms with Gasteiger partial charge in [0.1, 0.15) is 5.60 Å². The molecule has 8 heteroatoms. The Labute approximate surface area is 108 Å². The van der Waals surface area contributed by atoms with Gasteiger partial charge in [0.05, 0.1) is 5.75 Å². The van der Waals surface area contributed by atoms with Gasteiger partial charge in [0, 0.05) is 25.7 Å². The monoisotopic (exact) mass is 279 g/mol. The number of hydrogen-bond donors (Lipinski definition) is 2. The van der Waals surface area contributed by atoms with Gasteiger partial charge in [0.25, 0.3) is 0 Å². The van der Waals surface area contributed by atoms with E-state index in [1.54, 1.807) is 4.90 Å². The van der Waals surface area contributed by atoms with Crippen molar-refractivity contribution in [2.24, 2.45) is 5.14 Å². The van der Waals surface area contributed by atoms with Gasteiger partial charge in [-0.25, -0.2) is 18.4 Å². The van der Waals surface area contributed by atoms with E-state index in [2.05, 4.69) is 5.32 Å². The highest BCUT2D eigenvalue weighted by Crippen LogP contribution is 2.14. The Morgan fingerprint density at radius 3 is 2.44 bits per heavy atom. The molecule has 1 amide bonds. The molecule has 0 aromatic heterocycles. The summed E-state index contributed by atoms with van der Waals surface area (Å²) in [6.07, 6.45) is -0.341. The third-order valence-electron chi connectivity index (χ3n) is 2.35. The maximum Gasteiger partial charge on any atom is 0.410 e. The maximum atomic E-state index is 11.6. The molecule has 0 aliphatic carbocycles. The van der Waals surface area contributed by atoms with E-state index < -0.39 is 15.6 Å². The van der Waals surface area contributed by atoms with Gasteiger partial charge >= 0.3 is 6.09 Å². The normalized spacial score (nSPS) is 17.4. The average molecular weight is 279 g/mol. The Balaban J connectivity index is 2.18. The Kier molecular flexibility index (Phi) is 4.57. The second-order valence-electron chi connectivity index (χ2n) is 5.40. The Morgan fingerprint density at radius 2 is 2.00 bits per heavy atom. The van der Waals surface area contributed by atoms with Crippen LogP contribution in [0.2, 0.25) is 0 Å². The molecule has 0 bridgehead atoms. The molecule has 0 spiro atoms. The molecular formula is C10H21N3O4S. The molecule has 18 heavy (non-hydrogen) atoms. The smallest absolute Gasteiger partial charge is 0.410 e. The van der Waals surface area contributed by atoms with Gasteiger partial charge in [0.15, 0.2) is 0 Å². The van der Waals surface area contributed by atoms with Crippen molar-refractivity contribution in [3.05, 3.63) is 0 Å². The predicted octanol–water partition coefficient (Wildman–Crippen LogP) is -0.516. The maximum absolute atomic E-state index is 11.6. The van der Waals surface area contributed by atoms with Crippen LogP contribution >= 0.6 is 0 Å². The number of nitrogens with zero attached hydrogens (tertiary/aromatic N) is 1. The zero-order valence-corrected chi connectivity index (χ0v) is 11.8. The van der Waals surface area contributed by atoms with Gasteiger partial charge in [-0.15, -0.1) is 0 Å². The molecule has 0 atom stereocenters. The van der Waals surface area contributed by atoms with Crippen molar-refractivity contribution in [3.63, 3.8) is 0 Å². The number of ether oxygens (including phenoxy) is 1. The van der Waals surface area contributed by atoms with Crippen LogP contribution in [0.1, 0.15) is 20.8 Å². The van der Waals surface area contributed by atoms with Crippen molar-refractivity contribution in [1.82, 2.24) is 10.2 Å². The van der Waals surface area contributed by atoms with Crippen LogP contribution in [0.5, 0.6) is 0 Å². The summed E-state index contributed by atoms with van der Waals surface area (Å²) in [7, 11) is -3.43. The van der Waals surface area contributed by atoms with Crippen LogP contribution in [0.25, 0.3) is 0 Å². The molecule has 7 nitrogen and oxygen atoms in total. The lowest BCUT2D eigenvalue weighted by Crippen LogP contribution is -2.61. The molecule has 1 heterocycles. The molecule has 1 fully saturated rings. The highest BCUT2D eigenvalue weighted by atomic mass is 32.2. The van der Waals surface area contributed by atoms with Crippen molar-refractivity contribution < 1.29 is 17.9 Å². The summed E-state index contributed by atoms with van der Waals surface area (Å²) in [6, 6.07) is 0.110. The SMILES string of the molecule is CC(C)(C)OC(=O)N1CC(NCCS(N)(=O)=O)C1. The van der Waals surface area contributed by atoms with E-state index in [0.717, 1.165) is 0 Å². The van der Waals surface area contributed by atoms with Gasteiger partial charge in [-0.2, -0.15) is 0 Å². The Hall–Kier alpha value is -0.860. The summed E-state index contributed by atoms with van der Waals surface area (Å²) < 4.78 is 26.6. The summed E-state index contributed by atoms with van der Waals surface area (Å²) in [6.45, 7) is 6.79. The van der Waals surface area contributed by atoms with Crippen LogP contribution in [0.3, 0.4) is 0 Å². The number of amides is 1. The quantitative estimate of drug-likeness (QED) is 0.721. The topological polar surface area (TPSA) is 102 Å². The van der Waals surface area contributed by atoms with E-state index in [0.29, 0.717) is 19.6 Å². The molecule has 0 aromatic rings. The molecule has 0 radical (unpaired) electrons. The van der Waals surface area contributed by atoms with E-state index >= 15 is 0 Å². The number of hydrogen-bond acceptors (Lipinski definition) is 5. The average Bonchev–Trinajstić information content (AvgIpc) is 2.03. The molecule has 1 aliphatic rings. The minimum Gasteiger partial charge on any atom is -0.444 e. The molecule has 1 aliphatic heterocycles. The van der Waals surface area contributed by atoms with Gasteiger partial charge in [-0.05, 0) is 20.8 Å². The van der Waals surface area contributed by atoms with Gasteiger partial charge in [-0.1, -0.05) is 0 Å². The van der Waals surface area contributed by atoms with E-state index in [1.165, 1.54) is 0 Å². The first-order valence-corrected chi connectivity index (χ1v) is 7.50. The van der Waals surface area contributed by atoms with Crippen molar-refractivity contribution >= 4 is 16.1 Å². The summed E-state index contributed by atoms with van der Waals surface area (Å²) >= 11 is 0. The number of primary sulfonamides is 1. The summed E-state index contributed by atoms with van der Waals surface area (Å²) in [5.41, 5.74) is -0.497. The number of rotatable bonds is 4. The molecule has 106 valence electrons. The minimum atomic E-state index is -3.43. The van der Waals surface area contributed by atoms with E-state index in [1.807, 2.05) is 20.8 Å². The van der Waals surface area contributed by atoms with E-state index in [4.69, 9.17) is 9.88 Å². The molecule has 0 aromatic carbocycles. The standard InChI is InChI=1S/C10H21N3O4S/c1-10(2,3)17-9(14)13-6-8(7-13)12-4-5-18(11,15)16/h8,12H,4-7H2,1-3H3,(H2,11,15,16). The Bertz CT molecular complexity index is 396. The van der Waals surface area contributed by atoms with Gasteiger partial charge in [-0.3, -0.25) is 0 Å². The second-order valence-corrected chi connectivity index (χ2v) is 7.14. The first-order chi connectivity index (χ1) is 8.07. The number of nitrogens with one attached hydrogen (secondary N) is 1. The van der Waals surface area contributed by atoms with Crippen molar-refractivity contribution in [3.8, 4) is 0 Å². The lowest BCUT2D eigenvalue weighted by molar-refractivity contribution is 0.00554. The molecule has 0 saturated carbocycles. The second kappa shape index (κ2) is 5.41. The number of carbonyl (C=O) groups is 1. The van der Waals surface area contributed by atoms with E-state index in [-0.39, 0.29) is 17.9 Å². The third kappa shape index (κ3) is 5.65. The highest BCUT2D eigenvalue weighted by molar-refractivity contribution is 7.89. The number of likely N-dealkylation sites (tertiary alicyclic amines) is 1. The molecule has 1 saturated heterocycles. The molecule has 3 N–H and O–H groups in total. The summed E-state index contributed by atoms with van der Waals surface area (Å²) in [4.78, 5) is 13.1. The van der Waals surface area contributed by atoms with Gasteiger partial charge in [0.2, 0.25) is 10.0 Å². The number of sulfonamides is 1. The minimum absolute atomic E-state index is 0.101. The fraction of sp³-hybridized carbons (Fsp3) is 0.900. The van der Waals surface area contributed by atoms with Crippen LogP contribution in [0, 0.1) is 0 Å². The van der Waals surface area contributed by atoms with Gasteiger partial charge < -0.3 is 15.0 Å². The third-order valence-corrected chi connectivity index (χ3v) is 3.13. The Morgan fingerprint density at radius 1 is 1.44 bits per heavy atom. The van der Waals surface area contributed by atoms with Crippen molar-refractivity contribution in [1.29, 1.82) is 0 Å². The fourth-order valence-corrected chi connectivity index (χ4v) is 1.89. The first kappa shape index (κ1) is 15.2. The molecule has 1 rings (SSSR count). The highest BCUT2D eigenvalue weighted by Gasteiger charge is 2.33. The summed E-state index contributed by atoms with van der Waals surface area (Å²) in [5.74, 6) is -0.101. The molecule has 0 unspecified atom stereocenters. The van der Waals surface area contributed by atoms with Crippen LogP contribution in [-0.4, -0.2) is 56.4 Å². The van der Waals surface area contributed by atoms with Crippen LogP contribution in [0.15, 0.2) is 0 Å². The summed E-state index contributed by atoms with van der Waals surface area (Å²) in [5, 5.41) is 7.89.